The van der Waals surface area contributed by atoms with Crippen LogP contribution in [0.3, 0.4) is 0 Å². The molecule has 0 radical (unpaired) electrons. The maximum atomic E-state index is 12.0. The Morgan fingerprint density at radius 2 is 1.84 bits per heavy atom. The quantitative estimate of drug-likeness (QED) is 0.821. The third-order valence-corrected chi connectivity index (χ3v) is 4.70. The normalized spacial score (nSPS) is 32.2. The van der Waals surface area contributed by atoms with Crippen molar-refractivity contribution in [3.05, 3.63) is 0 Å². The van der Waals surface area contributed by atoms with Crippen molar-refractivity contribution in [3.8, 4) is 0 Å². The molecule has 3 aliphatic rings. The first-order valence-electron chi connectivity index (χ1n) is 7.92. The second kappa shape index (κ2) is 5.80. The first kappa shape index (κ1) is 13.4. The molecule has 4 heteroatoms. The van der Waals surface area contributed by atoms with Crippen molar-refractivity contribution >= 4 is 5.91 Å². The van der Waals surface area contributed by atoms with Crippen LogP contribution >= 0.6 is 0 Å². The molecule has 2 aliphatic carbocycles. The van der Waals surface area contributed by atoms with Crippen LogP contribution in [-0.4, -0.2) is 48.7 Å². The van der Waals surface area contributed by atoms with E-state index < -0.39 is 0 Å². The summed E-state index contributed by atoms with van der Waals surface area (Å²) in [5.41, 5.74) is 0. The van der Waals surface area contributed by atoms with E-state index in [-0.39, 0.29) is 0 Å². The number of rotatable bonds is 5. The van der Waals surface area contributed by atoms with E-state index in [1.807, 2.05) is 0 Å². The molecular weight excluding hydrogens is 240 g/mol. The number of carbonyl (C=O) groups excluding carboxylic acids is 1. The molecule has 0 unspecified atom stereocenters. The Morgan fingerprint density at radius 1 is 1.16 bits per heavy atom. The summed E-state index contributed by atoms with van der Waals surface area (Å²) in [6.45, 7) is 4.80. The predicted molar refractivity (Wildman–Crippen MR) is 73.9 cm³/mol. The first-order valence-corrected chi connectivity index (χ1v) is 7.92. The van der Waals surface area contributed by atoms with Gasteiger partial charge in [-0.15, -0.1) is 0 Å². The van der Waals surface area contributed by atoms with Gasteiger partial charge in [0.15, 0.2) is 0 Å². The average Bonchev–Trinajstić information content (AvgIpc) is 3.21. The summed E-state index contributed by atoms with van der Waals surface area (Å²) >= 11 is 0. The van der Waals surface area contributed by atoms with Crippen LogP contribution in [0.25, 0.3) is 0 Å². The number of ether oxygens (including phenoxy) is 1. The van der Waals surface area contributed by atoms with E-state index in [0.717, 1.165) is 58.2 Å². The van der Waals surface area contributed by atoms with Crippen LogP contribution in [0.15, 0.2) is 0 Å². The molecule has 0 spiro atoms. The number of nitrogens with zero attached hydrogens (tertiary/aromatic N) is 1. The highest BCUT2D eigenvalue weighted by Crippen LogP contribution is 2.32. The van der Waals surface area contributed by atoms with E-state index in [0.29, 0.717) is 30.0 Å². The molecule has 1 N–H and O–H groups in total. The van der Waals surface area contributed by atoms with Gasteiger partial charge in [-0.3, -0.25) is 4.79 Å². The summed E-state index contributed by atoms with van der Waals surface area (Å²) in [7, 11) is 0. The summed E-state index contributed by atoms with van der Waals surface area (Å²) in [6.07, 6.45) is 7.29. The number of piperidine rings is 1. The van der Waals surface area contributed by atoms with Gasteiger partial charge in [0.1, 0.15) is 0 Å². The van der Waals surface area contributed by atoms with Crippen LogP contribution in [0.2, 0.25) is 0 Å². The van der Waals surface area contributed by atoms with Crippen molar-refractivity contribution in [1.29, 1.82) is 0 Å². The highest BCUT2D eigenvalue weighted by molar-refractivity contribution is 5.81. The molecule has 1 amide bonds. The largest absolute Gasteiger partial charge is 0.378 e. The van der Waals surface area contributed by atoms with Gasteiger partial charge in [0.25, 0.3) is 0 Å². The number of hydrogen-bond acceptors (Lipinski definition) is 3. The zero-order chi connectivity index (χ0) is 13.2. The van der Waals surface area contributed by atoms with Crippen molar-refractivity contribution in [2.75, 3.05) is 19.7 Å². The second-order valence-corrected chi connectivity index (χ2v) is 6.29. The predicted octanol–water partition coefficient (Wildman–Crippen LogP) is 1.54. The molecule has 1 heterocycles. The molecular formula is C15H26N2O2. The van der Waals surface area contributed by atoms with Crippen molar-refractivity contribution in [2.24, 2.45) is 5.92 Å². The summed E-state index contributed by atoms with van der Waals surface area (Å²) in [5.74, 6) is 0.793. The smallest absolute Gasteiger partial charge is 0.225 e. The van der Waals surface area contributed by atoms with Crippen molar-refractivity contribution in [3.63, 3.8) is 0 Å². The maximum absolute atomic E-state index is 12.0. The molecule has 0 aromatic rings. The number of hydrogen-bond donors (Lipinski definition) is 1. The Bertz CT molecular complexity index is 316. The molecule has 1 saturated heterocycles. The van der Waals surface area contributed by atoms with E-state index in [1.165, 1.54) is 0 Å². The maximum Gasteiger partial charge on any atom is 0.225 e. The summed E-state index contributed by atoms with van der Waals surface area (Å²) in [6, 6.07) is 1.25. The van der Waals surface area contributed by atoms with Gasteiger partial charge in [-0.05, 0) is 45.4 Å². The van der Waals surface area contributed by atoms with E-state index in [2.05, 4.69) is 17.1 Å². The van der Waals surface area contributed by atoms with Gasteiger partial charge < -0.3 is 15.0 Å². The minimum absolute atomic E-state index is 0.378. The number of carbonyl (C=O) groups is 1. The molecule has 0 aromatic heterocycles. The number of likely N-dealkylation sites (tertiary alicyclic amines) is 1. The molecule has 0 aromatic carbocycles. The Kier molecular flexibility index (Phi) is 4.08. The SMILES string of the molecule is CCOC1CC(NC2CCN(C(=O)C3CC3)CC2)C1. The molecule has 0 bridgehead atoms. The van der Waals surface area contributed by atoms with Gasteiger partial charge in [-0.2, -0.15) is 0 Å². The zero-order valence-electron chi connectivity index (χ0n) is 11.9. The molecule has 4 nitrogen and oxygen atoms in total. The minimum Gasteiger partial charge on any atom is -0.378 e. The van der Waals surface area contributed by atoms with Gasteiger partial charge in [-0.25, -0.2) is 0 Å². The lowest BCUT2D eigenvalue weighted by atomic mass is 9.87. The Balaban J connectivity index is 1.33. The van der Waals surface area contributed by atoms with Gasteiger partial charge in [0.05, 0.1) is 6.10 Å². The number of amides is 1. The fourth-order valence-corrected chi connectivity index (χ4v) is 3.26. The summed E-state index contributed by atoms with van der Waals surface area (Å²) in [4.78, 5) is 14.0. The van der Waals surface area contributed by atoms with Crippen LogP contribution in [0, 0.1) is 5.92 Å². The molecule has 3 fully saturated rings. The zero-order valence-corrected chi connectivity index (χ0v) is 11.9. The van der Waals surface area contributed by atoms with Crippen molar-refractivity contribution in [1.82, 2.24) is 10.2 Å². The first-order chi connectivity index (χ1) is 9.26. The molecule has 0 atom stereocenters. The van der Waals surface area contributed by atoms with Crippen LogP contribution in [0.4, 0.5) is 0 Å². The van der Waals surface area contributed by atoms with E-state index in [1.54, 1.807) is 0 Å². The summed E-state index contributed by atoms with van der Waals surface area (Å²) < 4.78 is 5.59. The molecule has 19 heavy (non-hydrogen) atoms. The fourth-order valence-electron chi connectivity index (χ4n) is 3.26. The Labute approximate surface area is 115 Å². The van der Waals surface area contributed by atoms with Gasteiger partial charge >= 0.3 is 0 Å². The third-order valence-electron chi connectivity index (χ3n) is 4.70. The molecule has 108 valence electrons. The third kappa shape index (κ3) is 3.29. The average molecular weight is 266 g/mol. The van der Waals surface area contributed by atoms with Crippen molar-refractivity contribution in [2.45, 2.75) is 63.6 Å². The van der Waals surface area contributed by atoms with Crippen LogP contribution in [0.5, 0.6) is 0 Å². The fraction of sp³-hybridized carbons (Fsp3) is 0.933. The minimum atomic E-state index is 0.378. The van der Waals surface area contributed by atoms with Crippen LogP contribution in [-0.2, 0) is 9.53 Å². The lowest BCUT2D eigenvalue weighted by molar-refractivity contribution is -0.133. The standard InChI is InChI=1S/C15H26N2O2/c1-2-19-14-9-13(10-14)16-12-5-7-17(8-6-12)15(18)11-3-4-11/h11-14,16H,2-10H2,1H3. The van der Waals surface area contributed by atoms with Crippen LogP contribution < -0.4 is 5.32 Å². The lowest BCUT2D eigenvalue weighted by Gasteiger charge is -2.40. The van der Waals surface area contributed by atoms with Crippen LogP contribution in [0.1, 0.15) is 45.4 Å². The second-order valence-electron chi connectivity index (χ2n) is 6.29. The lowest BCUT2D eigenvalue weighted by Crippen LogP contribution is -2.53. The van der Waals surface area contributed by atoms with Gasteiger partial charge in [-0.1, -0.05) is 0 Å². The topological polar surface area (TPSA) is 41.6 Å². The highest BCUT2D eigenvalue weighted by atomic mass is 16.5. The molecule has 1 aliphatic heterocycles. The Morgan fingerprint density at radius 3 is 2.42 bits per heavy atom. The Hall–Kier alpha value is -0.610. The van der Waals surface area contributed by atoms with E-state index in [4.69, 9.17) is 4.74 Å². The molecule has 2 saturated carbocycles. The van der Waals surface area contributed by atoms with Gasteiger partial charge in [0, 0.05) is 37.7 Å². The molecule has 3 rings (SSSR count). The van der Waals surface area contributed by atoms with E-state index >= 15 is 0 Å². The highest BCUT2D eigenvalue weighted by Gasteiger charge is 2.36. The number of nitrogens with one attached hydrogen (secondary N) is 1. The summed E-state index contributed by atoms with van der Waals surface area (Å²) in [5, 5.41) is 3.73. The van der Waals surface area contributed by atoms with Crippen molar-refractivity contribution < 1.29 is 9.53 Å². The van der Waals surface area contributed by atoms with E-state index in [9.17, 15) is 4.79 Å². The monoisotopic (exact) mass is 266 g/mol. The van der Waals surface area contributed by atoms with Gasteiger partial charge in [0.2, 0.25) is 5.91 Å².